The molecule has 1 fully saturated rings. The lowest BCUT2D eigenvalue weighted by Gasteiger charge is -2.40. The van der Waals surface area contributed by atoms with Crippen LogP contribution in [-0.4, -0.2) is 28.4 Å². The Hall–Kier alpha value is -0.420. The summed E-state index contributed by atoms with van der Waals surface area (Å²) in [6, 6.07) is 1.79. The van der Waals surface area contributed by atoms with Crippen molar-refractivity contribution in [2.75, 3.05) is 12.8 Å². The van der Waals surface area contributed by atoms with Gasteiger partial charge in [-0.1, -0.05) is 6.42 Å². The van der Waals surface area contributed by atoms with Crippen LogP contribution in [0.5, 0.6) is 0 Å². The van der Waals surface area contributed by atoms with Crippen molar-refractivity contribution in [1.82, 2.24) is 10.3 Å². The Morgan fingerprint density at radius 1 is 1.69 bits per heavy atom. The molecular weight excluding hydrogens is 288 g/mol. The topological polar surface area (TPSA) is 44.9 Å². The molecule has 1 aromatic rings. The standard InChI is InChI=1S/C11H15BrN2OS/c1-16-11(3-2-4-11)7-14-10(15)9-5-8(12)6-13-9/h5-6,13H,2-4,7H2,1H3,(H,14,15). The van der Waals surface area contributed by atoms with E-state index in [0.717, 1.165) is 11.0 Å². The van der Waals surface area contributed by atoms with E-state index in [1.807, 2.05) is 11.8 Å². The highest BCUT2D eigenvalue weighted by Gasteiger charge is 2.36. The molecule has 0 aromatic carbocycles. The van der Waals surface area contributed by atoms with Crippen LogP contribution in [0.25, 0.3) is 0 Å². The third-order valence-electron chi connectivity index (χ3n) is 3.16. The Kier molecular flexibility index (Phi) is 3.64. The van der Waals surface area contributed by atoms with Crippen LogP contribution in [0.2, 0.25) is 0 Å². The fourth-order valence-electron chi connectivity index (χ4n) is 1.86. The van der Waals surface area contributed by atoms with E-state index in [4.69, 9.17) is 0 Å². The van der Waals surface area contributed by atoms with Crippen LogP contribution in [-0.2, 0) is 0 Å². The third kappa shape index (κ3) is 2.46. The van der Waals surface area contributed by atoms with E-state index in [1.165, 1.54) is 19.3 Å². The first kappa shape index (κ1) is 12.0. The predicted molar refractivity (Wildman–Crippen MR) is 70.9 cm³/mol. The smallest absolute Gasteiger partial charge is 0.267 e. The largest absolute Gasteiger partial charge is 0.356 e. The van der Waals surface area contributed by atoms with Gasteiger partial charge in [-0.3, -0.25) is 4.79 Å². The Morgan fingerprint density at radius 2 is 2.44 bits per heavy atom. The zero-order valence-corrected chi connectivity index (χ0v) is 11.6. The number of nitrogens with one attached hydrogen (secondary N) is 2. The van der Waals surface area contributed by atoms with Gasteiger partial charge in [0.25, 0.3) is 5.91 Å². The lowest BCUT2D eigenvalue weighted by atomic mass is 9.84. The van der Waals surface area contributed by atoms with Gasteiger partial charge in [0.2, 0.25) is 0 Å². The summed E-state index contributed by atoms with van der Waals surface area (Å²) in [5.41, 5.74) is 0.613. The van der Waals surface area contributed by atoms with E-state index >= 15 is 0 Å². The molecule has 0 spiro atoms. The van der Waals surface area contributed by atoms with Crippen molar-refractivity contribution in [3.05, 3.63) is 22.4 Å². The molecule has 1 aliphatic carbocycles. The third-order valence-corrected chi connectivity index (χ3v) is 5.04. The van der Waals surface area contributed by atoms with E-state index in [2.05, 4.69) is 32.5 Å². The van der Waals surface area contributed by atoms with Gasteiger partial charge in [-0.05, 0) is 41.1 Å². The molecule has 0 saturated heterocycles. The highest BCUT2D eigenvalue weighted by atomic mass is 79.9. The molecule has 0 radical (unpaired) electrons. The minimum absolute atomic E-state index is 0.0222. The van der Waals surface area contributed by atoms with E-state index in [-0.39, 0.29) is 5.91 Å². The zero-order valence-electron chi connectivity index (χ0n) is 9.18. The normalized spacial score (nSPS) is 17.9. The molecule has 2 N–H and O–H groups in total. The maximum atomic E-state index is 11.8. The predicted octanol–water partition coefficient (Wildman–Crippen LogP) is 2.79. The van der Waals surface area contributed by atoms with Gasteiger partial charge in [0.05, 0.1) is 0 Å². The number of carbonyl (C=O) groups is 1. The fourth-order valence-corrected chi connectivity index (χ4v) is 3.12. The van der Waals surface area contributed by atoms with Gasteiger partial charge in [-0.2, -0.15) is 11.8 Å². The Balaban J connectivity index is 1.88. The van der Waals surface area contributed by atoms with Gasteiger partial charge in [0.1, 0.15) is 5.69 Å². The lowest BCUT2D eigenvalue weighted by Crippen LogP contribution is -2.45. The molecule has 1 aliphatic rings. The number of amides is 1. The van der Waals surface area contributed by atoms with Gasteiger partial charge in [-0.25, -0.2) is 0 Å². The highest BCUT2D eigenvalue weighted by molar-refractivity contribution is 9.10. The molecule has 2 rings (SSSR count). The number of aromatic nitrogens is 1. The summed E-state index contributed by atoms with van der Waals surface area (Å²) in [4.78, 5) is 14.7. The number of rotatable bonds is 4. The molecule has 0 aliphatic heterocycles. The molecule has 88 valence electrons. The summed E-state index contributed by atoms with van der Waals surface area (Å²) >= 11 is 5.18. The molecule has 1 saturated carbocycles. The van der Waals surface area contributed by atoms with E-state index in [0.29, 0.717) is 10.4 Å². The molecule has 1 heterocycles. The molecule has 0 atom stereocenters. The number of thioether (sulfide) groups is 1. The second kappa shape index (κ2) is 4.84. The van der Waals surface area contributed by atoms with Crippen LogP contribution in [0.3, 0.4) is 0 Å². The minimum Gasteiger partial charge on any atom is -0.356 e. The summed E-state index contributed by atoms with van der Waals surface area (Å²) in [7, 11) is 0. The van der Waals surface area contributed by atoms with E-state index in [1.54, 1.807) is 12.3 Å². The monoisotopic (exact) mass is 302 g/mol. The minimum atomic E-state index is -0.0222. The van der Waals surface area contributed by atoms with Gasteiger partial charge < -0.3 is 10.3 Å². The van der Waals surface area contributed by atoms with Crippen LogP contribution in [0.1, 0.15) is 29.8 Å². The van der Waals surface area contributed by atoms with Crippen molar-refractivity contribution in [1.29, 1.82) is 0 Å². The first-order chi connectivity index (χ1) is 7.65. The number of aromatic amines is 1. The maximum absolute atomic E-state index is 11.8. The quantitative estimate of drug-likeness (QED) is 0.898. The van der Waals surface area contributed by atoms with Crippen molar-refractivity contribution >= 4 is 33.6 Å². The Morgan fingerprint density at radius 3 is 2.88 bits per heavy atom. The van der Waals surface area contributed by atoms with Crippen molar-refractivity contribution in [3.63, 3.8) is 0 Å². The zero-order chi connectivity index (χ0) is 11.6. The molecule has 1 aromatic heterocycles. The first-order valence-electron chi connectivity index (χ1n) is 5.32. The molecular formula is C11H15BrN2OS. The lowest BCUT2D eigenvalue weighted by molar-refractivity contribution is 0.0939. The molecule has 0 unspecified atom stereocenters. The molecule has 3 nitrogen and oxygen atoms in total. The molecule has 5 heteroatoms. The molecule has 1 amide bonds. The van der Waals surface area contributed by atoms with Crippen molar-refractivity contribution in [3.8, 4) is 0 Å². The average molecular weight is 303 g/mol. The summed E-state index contributed by atoms with van der Waals surface area (Å²) in [5, 5.41) is 2.99. The molecule has 0 bridgehead atoms. The van der Waals surface area contributed by atoms with Crippen molar-refractivity contribution < 1.29 is 4.79 Å². The van der Waals surface area contributed by atoms with Gasteiger partial charge in [-0.15, -0.1) is 0 Å². The van der Waals surface area contributed by atoms with Crippen LogP contribution >= 0.6 is 27.7 Å². The number of hydrogen-bond acceptors (Lipinski definition) is 2. The first-order valence-corrected chi connectivity index (χ1v) is 7.34. The summed E-state index contributed by atoms with van der Waals surface area (Å²) in [5.74, 6) is -0.0222. The van der Waals surface area contributed by atoms with Crippen LogP contribution in [0.15, 0.2) is 16.7 Å². The van der Waals surface area contributed by atoms with E-state index in [9.17, 15) is 4.79 Å². The number of hydrogen-bond donors (Lipinski definition) is 2. The van der Waals surface area contributed by atoms with Gasteiger partial charge in [0, 0.05) is 22.0 Å². The second-order valence-electron chi connectivity index (χ2n) is 4.15. The summed E-state index contributed by atoms with van der Waals surface area (Å²) in [6.45, 7) is 0.767. The van der Waals surface area contributed by atoms with Crippen molar-refractivity contribution in [2.45, 2.75) is 24.0 Å². The van der Waals surface area contributed by atoms with Gasteiger partial charge >= 0.3 is 0 Å². The number of halogens is 1. The number of H-pyrrole nitrogens is 1. The van der Waals surface area contributed by atoms with E-state index < -0.39 is 0 Å². The fraction of sp³-hybridized carbons (Fsp3) is 0.545. The van der Waals surface area contributed by atoms with Gasteiger partial charge in [0.15, 0.2) is 0 Å². The van der Waals surface area contributed by atoms with Crippen molar-refractivity contribution in [2.24, 2.45) is 0 Å². The second-order valence-corrected chi connectivity index (χ2v) is 6.34. The number of carbonyl (C=O) groups excluding carboxylic acids is 1. The SMILES string of the molecule is CSC1(CNC(=O)c2cc(Br)c[nH]2)CCC1. The molecule has 16 heavy (non-hydrogen) atoms. The van der Waals surface area contributed by atoms with Crippen LogP contribution in [0.4, 0.5) is 0 Å². The van der Waals surface area contributed by atoms with Crippen LogP contribution < -0.4 is 5.32 Å². The Labute approximate surface area is 108 Å². The van der Waals surface area contributed by atoms with Crippen LogP contribution in [0, 0.1) is 0 Å². The highest BCUT2D eigenvalue weighted by Crippen LogP contribution is 2.42. The summed E-state index contributed by atoms with van der Waals surface area (Å²) < 4.78 is 1.19. The Bertz CT molecular complexity index is 382. The maximum Gasteiger partial charge on any atom is 0.267 e. The summed E-state index contributed by atoms with van der Waals surface area (Å²) in [6.07, 6.45) is 7.59. The average Bonchev–Trinajstić information content (AvgIpc) is 2.64.